The molecule has 2 aromatic heterocycles. The number of benzene rings is 1. The number of nitrogens with zero attached hydrogens (tertiary/aromatic N) is 2. The number of carbonyl (C=O) groups is 1. The Hall–Kier alpha value is -3.00. The second-order valence-corrected chi connectivity index (χ2v) is 9.81. The van der Waals surface area contributed by atoms with Crippen LogP contribution in [0, 0.1) is 5.92 Å². The normalized spacial score (nSPS) is 19.5. The maximum absolute atomic E-state index is 11.6. The van der Waals surface area contributed by atoms with Gasteiger partial charge in [0, 0.05) is 41.0 Å². The van der Waals surface area contributed by atoms with Crippen LogP contribution in [0.1, 0.15) is 37.3 Å². The average molecular weight is 426 g/mol. The van der Waals surface area contributed by atoms with Gasteiger partial charge in [0.1, 0.15) is 5.82 Å². The van der Waals surface area contributed by atoms with E-state index < -0.39 is 15.8 Å². The Balaban J connectivity index is 1.59. The van der Waals surface area contributed by atoms with E-state index in [1.165, 1.54) is 6.26 Å². The highest BCUT2D eigenvalue weighted by Crippen LogP contribution is 2.38. The minimum Gasteiger partial charge on any atom is -0.481 e. The molecule has 2 heterocycles. The monoisotopic (exact) mass is 425 g/mol. The summed E-state index contributed by atoms with van der Waals surface area (Å²) in [5.74, 6) is -0.0985. The van der Waals surface area contributed by atoms with E-state index in [9.17, 15) is 18.3 Å². The number of hydrogen-bond acceptors (Lipinski definition) is 6. The number of hydrogen-bond donors (Lipinski definition) is 2. The van der Waals surface area contributed by atoms with Gasteiger partial charge in [-0.15, -0.1) is 0 Å². The van der Waals surface area contributed by atoms with Crippen LogP contribution in [0.5, 0.6) is 0 Å². The maximum Gasteiger partial charge on any atom is 0.306 e. The van der Waals surface area contributed by atoms with Gasteiger partial charge in [0.2, 0.25) is 0 Å². The summed E-state index contributed by atoms with van der Waals surface area (Å²) in [6.45, 7) is 0. The van der Waals surface area contributed by atoms with Crippen molar-refractivity contribution in [3.63, 3.8) is 0 Å². The fourth-order valence-electron chi connectivity index (χ4n) is 4.03. The summed E-state index contributed by atoms with van der Waals surface area (Å²) in [4.78, 5) is 20.6. The van der Waals surface area contributed by atoms with Gasteiger partial charge in [0.15, 0.2) is 9.84 Å². The molecule has 1 fully saturated rings. The van der Waals surface area contributed by atoms with Crippen LogP contribution in [0.4, 0.5) is 11.5 Å². The molecule has 2 N–H and O–H groups in total. The molecule has 1 saturated carbocycles. The fourth-order valence-corrected chi connectivity index (χ4v) is 4.66. The Morgan fingerprint density at radius 2 is 1.77 bits per heavy atom. The molecule has 0 amide bonds. The van der Waals surface area contributed by atoms with E-state index in [-0.39, 0.29) is 16.7 Å². The molecule has 1 aliphatic rings. The molecule has 30 heavy (non-hydrogen) atoms. The molecule has 7 nitrogen and oxygen atoms in total. The SMILES string of the molecule is CS(=O)(=O)c1ccc(Nc2cc3c(C4CCC(C(=O)O)CC4)nccc3cn2)cc1. The Morgan fingerprint density at radius 1 is 1.07 bits per heavy atom. The Morgan fingerprint density at radius 3 is 2.40 bits per heavy atom. The fraction of sp³-hybridized carbons (Fsp3) is 0.318. The third kappa shape index (κ3) is 4.28. The van der Waals surface area contributed by atoms with Gasteiger partial charge in [-0.05, 0) is 62.1 Å². The lowest BCUT2D eigenvalue weighted by Crippen LogP contribution is -2.21. The molecule has 0 radical (unpaired) electrons. The van der Waals surface area contributed by atoms with Gasteiger partial charge < -0.3 is 10.4 Å². The van der Waals surface area contributed by atoms with E-state index in [0.29, 0.717) is 18.7 Å². The lowest BCUT2D eigenvalue weighted by atomic mass is 9.79. The van der Waals surface area contributed by atoms with Crippen LogP contribution >= 0.6 is 0 Å². The van der Waals surface area contributed by atoms with Gasteiger partial charge in [-0.3, -0.25) is 9.78 Å². The zero-order valence-electron chi connectivity index (χ0n) is 16.6. The van der Waals surface area contributed by atoms with Crippen LogP contribution in [0.15, 0.2) is 53.7 Å². The van der Waals surface area contributed by atoms with Gasteiger partial charge >= 0.3 is 5.97 Å². The minimum atomic E-state index is -3.24. The van der Waals surface area contributed by atoms with Crippen LogP contribution in [-0.4, -0.2) is 35.7 Å². The molecule has 4 rings (SSSR count). The number of aliphatic carboxylic acids is 1. The number of nitrogens with one attached hydrogen (secondary N) is 1. The van der Waals surface area contributed by atoms with Gasteiger partial charge in [-0.1, -0.05) is 0 Å². The summed E-state index contributed by atoms with van der Waals surface area (Å²) < 4.78 is 23.2. The maximum atomic E-state index is 11.6. The van der Waals surface area contributed by atoms with E-state index in [1.807, 2.05) is 12.1 Å². The highest BCUT2D eigenvalue weighted by molar-refractivity contribution is 7.90. The quantitative estimate of drug-likeness (QED) is 0.632. The van der Waals surface area contributed by atoms with Gasteiger partial charge in [-0.25, -0.2) is 13.4 Å². The summed E-state index contributed by atoms with van der Waals surface area (Å²) in [5, 5.41) is 14.4. The molecule has 0 unspecified atom stereocenters. The first kappa shape index (κ1) is 20.3. The summed E-state index contributed by atoms with van der Waals surface area (Å²) in [7, 11) is -3.24. The molecule has 8 heteroatoms. The van der Waals surface area contributed by atoms with Crippen molar-refractivity contribution in [3.8, 4) is 0 Å². The highest BCUT2D eigenvalue weighted by Gasteiger charge is 2.28. The number of rotatable bonds is 5. The molecular formula is C22H23N3O4S. The number of fused-ring (bicyclic) bond motifs is 1. The van der Waals surface area contributed by atoms with Gasteiger partial charge in [-0.2, -0.15) is 0 Å². The van der Waals surface area contributed by atoms with Crippen molar-refractivity contribution < 1.29 is 18.3 Å². The van der Waals surface area contributed by atoms with E-state index in [4.69, 9.17) is 0 Å². The van der Waals surface area contributed by atoms with Crippen LogP contribution in [0.2, 0.25) is 0 Å². The van der Waals surface area contributed by atoms with Gasteiger partial charge in [0.05, 0.1) is 16.5 Å². The molecule has 0 atom stereocenters. The molecule has 156 valence electrons. The number of carboxylic acid groups (broad SMARTS) is 1. The molecule has 1 aliphatic carbocycles. The van der Waals surface area contributed by atoms with E-state index in [0.717, 1.165) is 35.0 Å². The summed E-state index contributed by atoms with van der Waals surface area (Å²) in [6.07, 6.45) is 7.69. The summed E-state index contributed by atoms with van der Waals surface area (Å²) in [6, 6.07) is 10.4. The van der Waals surface area contributed by atoms with E-state index in [1.54, 1.807) is 36.7 Å². The predicted molar refractivity (Wildman–Crippen MR) is 115 cm³/mol. The van der Waals surface area contributed by atoms with Crippen molar-refractivity contribution in [1.29, 1.82) is 0 Å². The lowest BCUT2D eigenvalue weighted by molar-refractivity contribution is -0.142. The molecule has 0 bridgehead atoms. The van der Waals surface area contributed by atoms with Crippen molar-refractivity contribution in [3.05, 3.63) is 54.5 Å². The molecule has 3 aromatic rings. The smallest absolute Gasteiger partial charge is 0.306 e. The van der Waals surface area contributed by atoms with Crippen molar-refractivity contribution in [2.45, 2.75) is 36.5 Å². The standard InChI is InChI=1S/C22H23N3O4S/c1-30(28,29)18-8-6-17(7-9-18)25-20-12-19-16(13-24-20)10-11-23-21(19)14-2-4-15(5-3-14)22(26)27/h6-15H,2-5H2,1H3,(H,24,25)(H,26,27). The lowest BCUT2D eigenvalue weighted by Gasteiger charge is -2.26. The average Bonchev–Trinajstić information content (AvgIpc) is 2.73. The highest BCUT2D eigenvalue weighted by atomic mass is 32.2. The molecular weight excluding hydrogens is 402 g/mol. The molecule has 0 spiro atoms. The Bertz CT molecular complexity index is 1180. The largest absolute Gasteiger partial charge is 0.481 e. The number of pyridine rings is 2. The Kier molecular flexibility index (Phi) is 5.42. The first-order chi connectivity index (χ1) is 14.3. The third-order valence-corrected chi connectivity index (χ3v) is 6.82. The zero-order chi connectivity index (χ0) is 21.3. The third-order valence-electron chi connectivity index (χ3n) is 5.70. The van der Waals surface area contributed by atoms with Crippen molar-refractivity contribution in [2.24, 2.45) is 5.92 Å². The zero-order valence-corrected chi connectivity index (χ0v) is 17.4. The molecule has 1 aromatic carbocycles. The minimum absolute atomic E-state index is 0.230. The van der Waals surface area contributed by atoms with Crippen molar-refractivity contribution in [2.75, 3.05) is 11.6 Å². The number of aromatic nitrogens is 2. The van der Waals surface area contributed by atoms with Crippen molar-refractivity contribution in [1.82, 2.24) is 9.97 Å². The van der Waals surface area contributed by atoms with Crippen LogP contribution in [0.3, 0.4) is 0 Å². The summed E-state index contributed by atoms with van der Waals surface area (Å²) >= 11 is 0. The molecule has 0 saturated heterocycles. The van der Waals surface area contributed by atoms with E-state index in [2.05, 4.69) is 15.3 Å². The summed E-state index contributed by atoms with van der Waals surface area (Å²) in [5.41, 5.74) is 1.72. The second-order valence-electron chi connectivity index (χ2n) is 7.80. The first-order valence-corrected chi connectivity index (χ1v) is 11.7. The number of carboxylic acids is 1. The molecule has 0 aliphatic heterocycles. The first-order valence-electron chi connectivity index (χ1n) is 9.86. The van der Waals surface area contributed by atoms with Crippen LogP contribution in [-0.2, 0) is 14.6 Å². The van der Waals surface area contributed by atoms with Crippen molar-refractivity contribution >= 4 is 38.1 Å². The topological polar surface area (TPSA) is 109 Å². The number of anilines is 2. The number of sulfone groups is 1. The Labute approximate surface area is 175 Å². The van der Waals surface area contributed by atoms with Crippen LogP contribution in [0.25, 0.3) is 10.8 Å². The van der Waals surface area contributed by atoms with Gasteiger partial charge in [0.25, 0.3) is 0 Å². The predicted octanol–water partition coefficient (Wildman–Crippen LogP) is 4.14. The van der Waals surface area contributed by atoms with E-state index >= 15 is 0 Å². The van der Waals surface area contributed by atoms with Crippen LogP contribution < -0.4 is 5.32 Å². The second kappa shape index (κ2) is 8.02.